The van der Waals surface area contributed by atoms with E-state index in [9.17, 15) is 9.59 Å². The number of ether oxygens (including phenoxy) is 1. The predicted molar refractivity (Wildman–Crippen MR) is 121 cm³/mol. The number of rotatable bonds is 8. The smallest absolute Gasteiger partial charge is 0.242 e. The molecule has 2 heterocycles. The van der Waals surface area contributed by atoms with Gasteiger partial charge in [0.15, 0.2) is 0 Å². The molecule has 1 aromatic carbocycles. The van der Waals surface area contributed by atoms with Crippen LogP contribution in [0.25, 0.3) is 0 Å². The Labute approximate surface area is 183 Å². The fraction of sp³-hybridized carbons (Fsp3) is 0.500. The molecule has 2 amide bonds. The van der Waals surface area contributed by atoms with Gasteiger partial charge < -0.3 is 14.5 Å². The summed E-state index contributed by atoms with van der Waals surface area (Å²) < 4.78 is 6.07. The number of thiophene rings is 1. The predicted octanol–water partition coefficient (Wildman–Crippen LogP) is 4.46. The quantitative estimate of drug-likeness (QED) is 0.624. The summed E-state index contributed by atoms with van der Waals surface area (Å²) in [5, 5.41) is 2.09. The molecule has 1 aliphatic rings. The van der Waals surface area contributed by atoms with Crippen molar-refractivity contribution in [2.24, 2.45) is 5.92 Å². The maximum Gasteiger partial charge on any atom is 0.242 e. The van der Waals surface area contributed by atoms with E-state index in [0.717, 1.165) is 18.6 Å². The average molecular weight is 429 g/mol. The Morgan fingerprint density at radius 2 is 2.00 bits per heavy atom. The van der Waals surface area contributed by atoms with Crippen LogP contribution in [-0.4, -0.2) is 47.9 Å². The van der Waals surface area contributed by atoms with Crippen LogP contribution >= 0.6 is 11.3 Å². The van der Waals surface area contributed by atoms with E-state index in [1.165, 1.54) is 16.0 Å². The van der Waals surface area contributed by atoms with Crippen molar-refractivity contribution in [3.63, 3.8) is 0 Å². The first-order chi connectivity index (χ1) is 14.4. The fourth-order valence-corrected chi connectivity index (χ4v) is 4.68. The zero-order valence-electron chi connectivity index (χ0n) is 18.4. The highest BCUT2D eigenvalue weighted by atomic mass is 32.1. The summed E-state index contributed by atoms with van der Waals surface area (Å²) in [5.74, 6) is 1.11. The number of hydrogen-bond acceptors (Lipinski definition) is 4. The molecular formula is C24H32N2O3S. The SMILES string of the molecule is CC[C@H](C)CN(CC(=O)N1CCc2sccc2[C@@H]1COc1ccc(C)cc1)C(C)=O. The minimum Gasteiger partial charge on any atom is -0.491 e. The van der Waals surface area contributed by atoms with Crippen LogP contribution in [0.4, 0.5) is 0 Å². The van der Waals surface area contributed by atoms with Crippen LogP contribution in [0.15, 0.2) is 35.7 Å². The van der Waals surface area contributed by atoms with Crippen molar-refractivity contribution in [2.75, 3.05) is 26.2 Å². The molecule has 0 fully saturated rings. The Bertz CT molecular complexity index is 862. The number of carbonyl (C=O) groups is 2. The molecule has 0 bridgehead atoms. The topological polar surface area (TPSA) is 49.9 Å². The number of amides is 2. The van der Waals surface area contributed by atoms with E-state index in [1.54, 1.807) is 23.2 Å². The Kier molecular flexibility index (Phi) is 7.53. The minimum absolute atomic E-state index is 0.0112. The van der Waals surface area contributed by atoms with E-state index >= 15 is 0 Å². The van der Waals surface area contributed by atoms with Crippen molar-refractivity contribution >= 4 is 23.2 Å². The number of nitrogens with zero attached hydrogens (tertiary/aromatic N) is 2. The summed E-state index contributed by atoms with van der Waals surface area (Å²) in [6, 6.07) is 9.94. The van der Waals surface area contributed by atoms with Crippen molar-refractivity contribution in [1.82, 2.24) is 9.80 Å². The number of fused-ring (bicyclic) bond motifs is 1. The van der Waals surface area contributed by atoms with Gasteiger partial charge in [0.1, 0.15) is 12.4 Å². The second kappa shape index (κ2) is 10.1. The van der Waals surface area contributed by atoms with Gasteiger partial charge in [-0.05, 0) is 48.4 Å². The number of hydrogen-bond donors (Lipinski definition) is 0. The highest BCUT2D eigenvalue weighted by Crippen LogP contribution is 2.34. The summed E-state index contributed by atoms with van der Waals surface area (Å²) >= 11 is 1.74. The lowest BCUT2D eigenvalue weighted by molar-refractivity contribution is -0.142. The van der Waals surface area contributed by atoms with Gasteiger partial charge in [0.25, 0.3) is 0 Å². The van der Waals surface area contributed by atoms with Gasteiger partial charge in [0.2, 0.25) is 11.8 Å². The van der Waals surface area contributed by atoms with Crippen molar-refractivity contribution in [3.05, 3.63) is 51.7 Å². The van der Waals surface area contributed by atoms with Crippen molar-refractivity contribution in [3.8, 4) is 5.75 Å². The van der Waals surface area contributed by atoms with Gasteiger partial charge >= 0.3 is 0 Å². The number of aryl methyl sites for hydroxylation is 1. The third-order valence-corrected chi connectivity index (χ3v) is 6.84. The van der Waals surface area contributed by atoms with Crippen LogP contribution in [0.2, 0.25) is 0 Å². The standard InChI is InChI=1S/C24H32N2O3S/c1-5-17(2)14-25(19(4)27)15-24(28)26-12-10-23-21(11-13-30-23)22(26)16-29-20-8-6-18(3)7-9-20/h6-9,11,13,17,22H,5,10,12,14-16H2,1-4H3/t17-,22-/m0/s1. The van der Waals surface area contributed by atoms with E-state index in [1.807, 2.05) is 36.1 Å². The Morgan fingerprint density at radius 3 is 2.67 bits per heavy atom. The van der Waals surface area contributed by atoms with Crippen molar-refractivity contribution < 1.29 is 14.3 Å². The molecule has 0 radical (unpaired) electrons. The Morgan fingerprint density at radius 1 is 1.27 bits per heavy atom. The molecular weight excluding hydrogens is 396 g/mol. The normalized spacial score (nSPS) is 16.7. The van der Waals surface area contributed by atoms with Crippen molar-refractivity contribution in [2.45, 2.75) is 46.6 Å². The van der Waals surface area contributed by atoms with Gasteiger partial charge in [0, 0.05) is 24.9 Å². The van der Waals surface area contributed by atoms with E-state index in [4.69, 9.17) is 4.74 Å². The van der Waals surface area contributed by atoms with Gasteiger partial charge in [-0.15, -0.1) is 11.3 Å². The molecule has 1 aromatic heterocycles. The van der Waals surface area contributed by atoms with Crippen LogP contribution in [0.3, 0.4) is 0 Å². The largest absolute Gasteiger partial charge is 0.491 e. The molecule has 0 unspecified atom stereocenters. The zero-order valence-corrected chi connectivity index (χ0v) is 19.2. The Hall–Kier alpha value is -2.34. The lowest BCUT2D eigenvalue weighted by Gasteiger charge is -2.37. The molecule has 0 spiro atoms. The molecule has 2 aromatic rings. The molecule has 162 valence electrons. The maximum absolute atomic E-state index is 13.3. The van der Waals surface area contributed by atoms with E-state index in [2.05, 4.69) is 25.3 Å². The Balaban J connectivity index is 1.74. The average Bonchev–Trinajstić information content (AvgIpc) is 3.21. The van der Waals surface area contributed by atoms with Gasteiger partial charge in [0.05, 0.1) is 12.6 Å². The first kappa shape index (κ1) is 22.3. The third-order valence-electron chi connectivity index (χ3n) is 5.84. The summed E-state index contributed by atoms with van der Waals surface area (Å²) in [7, 11) is 0. The van der Waals surface area contributed by atoms with Gasteiger partial charge in [-0.3, -0.25) is 9.59 Å². The molecule has 0 saturated heterocycles. The van der Waals surface area contributed by atoms with E-state index in [-0.39, 0.29) is 24.4 Å². The molecule has 3 rings (SSSR count). The van der Waals surface area contributed by atoms with Crippen LogP contribution < -0.4 is 4.74 Å². The maximum atomic E-state index is 13.3. The van der Waals surface area contributed by atoms with E-state index < -0.39 is 0 Å². The van der Waals surface area contributed by atoms with Crippen LogP contribution in [0, 0.1) is 12.8 Å². The molecule has 0 N–H and O–H groups in total. The highest BCUT2D eigenvalue weighted by Gasteiger charge is 2.33. The molecule has 30 heavy (non-hydrogen) atoms. The van der Waals surface area contributed by atoms with Gasteiger partial charge in [-0.25, -0.2) is 0 Å². The lowest BCUT2D eigenvalue weighted by Crippen LogP contribution is -2.48. The molecule has 2 atom stereocenters. The van der Waals surface area contributed by atoms with Crippen molar-refractivity contribution in [1.29, 1.82) is 0 Å². The number of carbonyl (C=O) groups excluding carboxylic acids is 2. The van der Waals surface area contributed by atoms with Gasteiger partial charge in [-0.2, -0.15) is 0 Å². The van der Waals surface area contributed by atoms with Crippen LogP contribution in [0.1, 0.15) is 49.2 Å². The molecule has 0 aliphatic carbocycles. The van der Waals surface area contributed by atoms with Gasteiger partial charge in [-0.1, -0.05) is 38.0 Å². The first-order valence-electron chi connectivity index (χ1n) is 10.7. The number of benzene rings is 1. The second-order valence-electron chi connectivity index (χ2n) is 8.19. The van der Waals surface area contributed by atoms with Crippen LogP contribution in [-0.2, 0) is 16.0 Å². The summed E-state index contributed by atoms with van der Waals surface area (Å²) in [6.45, 7) is 9.60. The molecule has 6 heteroatoms. The van der Waals surface area contributed by atoms with E-state index in [0.29, 0.717) is 25.6 Å². The molecule has 5 nitrogen and oxygen atoms in total. The fourth-order valence-electron chi connectivity index (χ4n) is 3.75. The first-order valence-corrected chi connectivity index (χ1v) is 11.6. The minimum atomic E-state index is -0.133. The highest BCUT2D eigenvalue weighted by molar-refractivity contribution is 7.10. The third kappa shape index (κ3) is 5.42. The zero-order chi connectivity index (χ0) is 21.7. The molecule has 1 aliphatic heterocycles. The summed E-state index contributed by atoms with van der Waals surface area (Å²) in [5.41, 5.74) is 2.35. The monoisotopic (exact) mass is 428 g/mol. The second-order valence-corrected chi connectivity index (χ2v) is 9.19. The lowest BCUT2D eigenvalue weighted by atomic mass is 10.00. The van der Waals surface area contributed by atoms with Crippen LogP contribution in [0.5, 0.6) is 5.75 Å². The molecule has 0 saturated carbocycles. The summed E-state index contributed by atoms with van der Waals surface area (Å²) in [6.07, 6.45) is 1.83. The summed E-state index contributed by atoms with van der Waals surface area (Å²) in [4.78, 5) is 30.3.